The van der Waals surface area contributed by atoms with Crippen molar-refractivity contribution in [2.24, 2.45) is 4.99 Å². The van der Waals surface area contributed by atoms with Crippen LogP contribution in [0.2, 0.25) is 0 Å². The van der Waals surface area contributed by atoms with Gasteiger partial charge in [0, 0.05) is 48.3 Å². The summed E-state index contributed by atoms with van der Waals surface area (Å²) in [6.45, 7) is 1.82. The molecular weight excluding hydrogens is 529 g/mol. The zero-order valence-corrected chi connectivity index (χ0v) is 21.3. The first-order chi connectivity index (χ1) is 17.7. The third-order valence-electron chi connectivity index (χ3n) is 7.19. The smallest absolute Gasteiger partial charge is 0.338 e. The number of halogens is 3. The van der Waals surface area contributed by atoms with Crippen LogP contribution in [0.25, 0.3) is 0 Å². The number of fused-ring (bicyclic) bond motifs is 3. The highest BCUT2D eigenvalue weighted by atomic mass is 32.2. The predicted molar refractivity (Wildman–Crippen MR) is 129 cm³/mol. The maximum Gasteiger partial charge on any atom is 0.338 e. The van der Waals surface area contributed by atoms with Crippen LogP contribution in [0.4, 0.5) is 13.2 Å². The molecule has 2 unspecified atom stereocenters. The number of carbonyl (C=O) groups is 1. The largest absolute Gasteiger partial charge is 0.463 e. The molecule has 3 atom stereocenters. The number of amidine groups is 1. The van der Waals surface area contributed by atoms with E-state index in [1.807, 2.05) is 0 Å². The number of nitrogens with one attached hydrogen (secondary N) is 1. The van der Waals surface area contributed by atoms with E-state index in [0.29, 0.717) is 29.4 Å². The monoisotopic (exact) mass is 552 g/mol. The molecule has 1 aromatic carbocycles. The second-order valence-corrected chi connectivity index (χ2v) is 12.4. The van der Waals surface area contributed by atoms with E-state index in [9.17, 15) is 22.0 Å². The average molecular weight is 553 g/mol. The van der Waals surface area contributed by atoms with Crippen LogP contribution in [0.1, 0.15) is 54.9 Å². The molecular formula is C24H23F3N4O4S2. The number of esters is 1. The molecule has 13 heteroatoms. The van der Waals surface area contributed by atoms with Crippen molar-refractivity contribution in [3.05, 3.63) is 62.7 Å². The van der Waals surface area contributed by atoms with Crippen LogP contribution in [0.5, 0.6) is 0 Å². The normalized spacial score (nSPS) is 26.9. The minimum absolute atomic E-state index is 0.00943. The van der Waals surface area contributed by atoms with Crippen molar-refractivity contribution >= 4 is 33.2 Å². The number of hydrogen-bond donors (Lipinski definition) is 1. The lowest BCUT2D eigenvalue weighted by atomic mass is 9.81. The number of nitrogens with zero attached hydrogens (tertiary/aromatic N) is 3. The van der Waals surface area contributed by atoms with Gasteiger partial charge in [-0.1, -0.05) is 6.07 Å². The zero-order valence-electron chi connectivity index (χ0n) is 19.7. The van der Waals surface area contributed by atoms with Gasteiger partial charge >= 0.3 is 5.97 Å². The molecule has 2 aromatic rings. The number of aromatic nitrogens is 1. The van der Waals surface area contributed by atoms with Gasteiger partial charge in [-0.25, -0.2) is 41.1 Å². The van der Waals surface area contributed by atoms with Gasteiger partial charge < -0.3 is 9.64 Å². The van der Waals surface area contributed by atoms with Crippen molar-refractivity contribution in [1.29, 1.82) is 0 Å². The average Bonchev–Trinajstić information content (AvgIpc) is 3.32. The van der Waals surface area contributed by atoms with Crippen LogP contribution >= 0.6 is 11.3 Å². The fourth-order valence-corrected chi connectivity index (χ4v) is 7.75. The first kappa shape index (κ1) is 24.6. The fourth-order valence-electron chi connectivity index (χ4n) is 5.55. The molecule has 2 aliphatic carbocycles. The Morgan fingerprint density at radius 3 is 2.78 bits per heavy atom. The molecule has 196 valence electrons. The number of alkyl halides is 1. The summed E-state index contributed by atoms with van der Waals surface area (Å²) in [4.78, 5) is 24.4. The van der Waals surface area contributed by atoms with Gasteiger partial charge in [-0.15, -0.1) is 11.3 Å². The van der Waals surface area contributed by atoms with Crippen molar-refractivity contribution in [3.8, 4) is 0 Å². The van der Waals surface area contributed by atoms with E-state index in [4.69, 9.17) is 9.73 Å². The quantitative estimate of drug-likeness (QED) is 0.551. The number of sulfonamides is 1. The second kappa shape index (κ2) is 8.63. The summed E-state index contributed by atoms with van der Waals surface area (Å²) in [6.07, 6.45) is 0.513. The highest BCUT2D eigenvalue weighted by Crippen LogP contribution is 2.56. The van der Waals surface area contributed by atoms with Gasteiger partial charge in [0.05, 0.1) is 17.4 Å². The van der Waals surface area contributed by atoms with Gasteiger partial charge in [0.25, 0.3) is 0 Å². The number of rotatable bonds is 6. The third kappa shape index (κ3) is 3.81. The summed E-state index contributed by atoms with van der Waals surface area (Å²) in [7, 11) is -3.55. The molecule has 1 saturated carbocycles. The van der Waals surface area contributed by atoms with Gasteiger partial charge in [0.1, 0.15) is 11.7 Å². The van der Waals surface area contributed by atoms with Crippen LogP contribution < -0.4 is 4.72 Å². The Kier molecular flexibility index (Phi) is 5.73. The van der Waals surface area contributed by atoms with Crippen molar-refractivity contribution in [2.45, 2.75) is 55.6 Å². The van der Waals surface area contributed by atoms with E-state index in [-0.39, 0.29) is 30.7 Å². The zero-order chi connectivity index (χ0) is 26.1. The maximum atomic E-state index is 15.4. The maximum absolute atomic E-state index is 15.4. The lowest BCUT2D eigenvalue weighted by Gasteiger charge is -2.38. The molecule has 37 heavy (non-hydrogen) atoms. The van der Waals surface area contributed by atoms with Crippen LogP contribution in [-0.2, 0) is 25.1 Å². The highest BCUT2D eigenvalue weighted by Gasteiger charge is 2.57. The molecule has 1 aromatic heterocycles. The topological polar surface area (TPSA) is 101 Å². The number of hydrogen-bond acceptors (Lipinski definition) is 8. The van der Waals surface area contributed by atoms with Crippen LogP contribution in [0.15, 0.2) is 40.0 Å². The summed E-state index contributed by atoms with van der Waals surface area (Å²) < 4.78 is 77.9. The Morgan fingerprint density at radius 2 is 2.11 bits per heavy atom. The second-order valence-electron chi connectivity index (χ2n) is 9.54. The minimum atomic E-state index is -3.55. The Balaban J connectivity index is 1.56. The molecule has 1 N–H and O–H groups in total. The fraction of sp³-hybridized carbons (Fsp3) is 0.458. The number of ether oxygens (including phenoxy) is 1. The molecule has 0 amide bonds. The first-order valence-corrected chi connectivity index (χ1v) is 14.4. The molecule has 6 rings (SSSR count). The molecule has 0 radical (unpaired) electrons. The van der Waals surface area contributed by atoms with Gasteiger partial charge in [-0.05, 0) is 31.4 Å². The van der Waals surface area contributed by atoms with Gasteiger partial charge in [-0.3, -0.25) is 0 Å². The predicted octanol–water partition coefficient (Wildman–Crippen LogP) is 3.46. The van der Waals surface area contributed by atoms with Crippen molar-refractivity contribution < 1.29 is 31.1 Å². The number of benzene rings is 1. The van der Waals surface area contributed by atoms with Crippen LogP contribution in [0.3, 0.4) is 0 Å². The van der Waals surface area contributed by atoms with E-state index >= 15 is 4.39 Å². The van der Waals surface area contributed by atoms with E-state index in [2.05, 4.69) is 9.71 Å². The minimum Gasteiger partial charge on any atom is -0.463 e. The summed E-state index contributed by atoms with van der Waals surface area (Å²) in [5.74, 6) is -2.96. The van der Waals surface area contributed by atoms with Crippen molar-refractivity contribution in [2.75, 3.05) is 13.2 Å². The summed E-state index contributed by atoms with van der Waals surface area (Å²) in [5.41, 5.74) is -1.69. The SMILES string of the molecule is CCOC(=O)C1=C2C[C@H](NS(=O)(=O)C3CC3)CN2C(c2nccs2)=NC12CC(F)c1c2ccc(F)c1F. The van der Waals surface area contributed by atoms with E-state index < -0.39 is 62.6 Å². The van der Waals surface area contributed by atoms with Crippen molar-refractivity contribution in [1.82, 2.24) is 14.6 Å². The molecule has 1 spiro atoms. The Morgan fingerprint density at radius 1 is 1.32 bits per heavy atom. The number of carbonyl (C=O) groups excluding carboxylic acids is 1. The lowest BCUT2D eigenvalue weighted by Crippen LogP contribution is -2.44. The Labute approximate surface area is 215 Å². The van der Waals surface area contributed by atoms with Crippen LogP contribution in [-0.4, -0.2) is 54.6 Å². The van der Waals surface area contributed by atoms with Crippen molar-refractivity contribution in [3.63, 3.8) is 0 Å². The first-order valence-electron chi connectivity index (χ1n) is 12.0. The summed E-state index contributed by atoms with van der Waals surface area (Å²) >= 11 is 1.27. The van der Waals surface area contributed by atoms with E-state index in [0.717, 1.165) is 6.07 Å². The summed E-state index contributed by atoms with van der Waals surface area (Å²) in [5, 5.41) is 1.76. The van der Waals surface area contributed by atoms with Gasteiger partial charge in [0.2, 0.25) is 10.0 Å². The van der Waals surface area contributed by atoms with Crippen LogP contribution in [0, 0.1) is 11.6 Å². The van der Waals surface area contributed by atoms with E-state index in [1.165, 1.54) is 17.4 Å². The molecule has 0 bridgehead atoms. The molecule has 2 aliphatic heterocycles. The third-order valence-corrected chi connectivity index (χ3v) is 9.97. The number of aliphatic imine (C=N–C) groups is 1. The van der Waals surface area contributed by atoms with Gasteiger partial charge in [0.15, 0.2) is 22.5 Å². The molecule has 3 heterocycles. The molecule has 4 aliphatic rings. The highest BCUT2D eigenvalue weighted by molar-refractivity contribution is 7.90. The molecule has 2 fully saturated rings. The lowest BCUT2D eigenvalue weighted by molar-refractivity contribution is -0.139. The molecule has 8 nitrogen and oxygen atoms in total. The standard InChI is InChI=1S/C24H23F3N4O4S2/c1-2-35-23(32)19-17-9-12(30-37(33,34)13-3-4-13)11-31(17)21(22-28-7-8-36-22)29-24(19)10-16(26)18-14(24)5-6-15(25)20(18)27/h5-8,12-13,16,30H,2-4,9-11H2,1H3/t12-,16?,24?/m0/s1. The Hall–Kier alpha value is -2.77. The number of thiazole rings is 1. The summed E-state index contributed by atoms with van der Waals surface area (Å²) in [6, 6.07) is 1.57. The molecule has 1 saturated heterocycles. The van der Waals surface area contributed by atoms with E-state index in [1.54, 1.807) is 23.4 Å². The van der Waals surface area contributed by atoms with Gasteiger partial charge in [-0.2, -0.15) is 0 Å². The Bertz CT molecular complexity index is 1460.